The second kappa shape index (κ2) is 9.09. The van der Waals surface area contributed by atoms with Crippen molar-refractivity contribution in [1.82, 2.24) is 0 Å². The molecule has 2 unspecified atom stereocenters. The van der Waals surface area contributed by atoms with Gasteiger partial charge >= 0.3 is 0 Å². The molecule has 4 aromatic rings. The minimum absolute atomic E-state index is 0.0684. The van der Waals surface area contributed by atoms with Crippen molar-refractivity contribution in [2.45, 2.75) is 37.7 Å². The van der Waals surface area contributed by atoms with E-state index < -0.39 is 40.7 Å². The van der Waals surface area contributed by atoms with Crippen LogP contribution in [-0.2, 0) is 34.9 Å². The lowest BCUT2D eigenvalue weighted by molar-refractivity contribution is -0.00933. The summed E-state index contributed by atoms with van der Waals surface area (Å²) in [5.74, 6) is 0.526. The molecule has 1 fully saturated rings. The minimum atomic E-state index is -4.23. The van der Waals surface area contributed by atoms with Gasteiger partial charge in [0, 0.05) is 5.56 Å². The number of fused-ring (bicyclic) bond motifs is 5. The average Bonchev–Trinajstić information content (AvgIpc) is 3.44. The number of rotatable bonds is 7. The molecule has 4 atom stereocenters. The molecule has 0 aromatic heterocycles. The maximum Gasteiger partial charge on any atom is 0.186 e. The van der Waals surface area contributed by atoms with E-state index in [1.807, 2.05) is 61.5 Å². The molecule has 0 amide bonds. The first-order valence-corrected chi connectivity index (χ1v) is 16.5. The molecular weight excluding hydrogens is 537 g/mol. The topological polar surface area (TPSA) is 77.5 Å². The van der Waals surface area contributed by atoms with Gasteiger partial charge in [-0.25, -0.2) is 16.8 Å². The zero-order valence-corrected chi connectivity index (χ0v) is 23.0. The van der Waals surface area contributed by atoms with Gasteiger partial charge in [0.15, 0.2) is 24.6 Å². The monoisotopic (exact) mass is 562 g/mol. The Kier molecular flexibility index (Phi) is 6.07. The number of hydrogen-bond acceptors (Lipinski definition) is 6. The Morgan fingerprint density at radius 2 is 1.08 bits per heavy atom. The Balaban J connectivity index is 1.76. The van der Waals surface area contributed by atoms with Gasteiger partial charge in [0.25, 0.3) is 0 Å². The Hall–Kier alpha value is -2.91. The molecule has 2 aliphatic rings. The van der Waals surface area contributed by atoms with Gasteiger partial charge in [-0.1, -0.05) is 97.9 Å². The van der Waals surface area contributed by atoms with E-state index in [0.717, 1.165) is 0 Å². The number of thioether (sulfide) groups is 1. The number of sulfone groups is 2. The van der Waals surface area contributed by atoms with Gasteiger partial charge in [-0.15, -0.1) is 11.8 Å². The molecule has 5 nitrogen and oxygen atoms in total. The first-order chi connectivity index (χ1) is 18.3. The third-order valence-electron chi connectivity index (χ3n) is 7.44. The quantitative estimate of drug-likeness (QED) is 0.293. The van der Waals surface area contributed by atoms with E-state index >= 15 is 0 Å². The largest absolute Gasteiger partial charge is 0.341 e. The fourth-order valence-corrected chi connectivity index (χ4v) is 12.9. The molecule has 0 aliphatic carbocycles. The fourth-order valence-electron chi connectivity index (χ4n) is 6.03. The maximum absolute atomic E-state index is 14.7. The summed E-state index contributed by atoms with van der Waals surface area (Å²) < 4.78 is 65.6. The third kappa shape index (κ3) is 3.40. The lowest BCUT2D eigenvalue weighted by Crippen LogP contribution is -2.54. The van der Waals surface area contributed by atoms with Gasteiger partial charge in [-0.3, -0.25) is 0 Å². The molecule has 4 aromatic carbocycles. The summed E-state index contributed by atoms with van der Waals surface area (Å²) in [6.45, 7) is 1.93. The molecule has 194 valence electrons. The molecule has 38 heavy (non-hydrogen) atoms. The molecule has 0 saturated carbocycles. The highest BCUT2D eigenvalue weighted by Gasteiger charge is 2.77. The van der Waals surface area contributed by atoms with Crippen LogP contribution >= 0.6 is 11.8 Å². The van der Waals surface area contributed by atoms with Crippen LogP contribution in [-0.4, -0.2) is 33.1 Å². The van der Waals surface area contributed by atoms with E-state index in [0.29, 0.717) is 22.4 Å². The zero-order valence-electron chi connectivity index (χ0n) is 20.6. The first-order valence-electron chi connectivity index (χ1n) is 12.4. The molecule has 0 radical (unpaired) electrons. The lowest BCUT2D eigenvalue weighted by Gasteiger charge is -2.39. The molecule has 8 heteroatoms. The maximum atomic E-state index is 14.7. The van der Waals surface area contributed by atoms with Crippen molar-refractivity contribution in [2.75, 3.05) is 5.75 Å². The minimum Gasteiger partial charge on any atom is -0.341 e. The third-order valence-corrected chi connectivity index (χ3v) is 13.4. The second-order valence-corrected chi connectivity index (χ2v) is 15.0. The Morgan fingerprint density at radius 3 is 1.61 bits per heavy atom. The first kappa shape index (κ1) is 25.4. The predicted molar refractivity (Wildman–Crippen MR) is 149 cm³/mol. The highest BCUT2D eigenvalue weighted by atomic mass is 32.2. The molecule has 2 bridgehead atoms. The van der Waals surface area contributed by atoms with Crippen molar-refractivity contribution < 1.29 is 21.6 Å². The number of hydrogen-bond donors (Lipinski definition) is 0. The van der Waals surface area contributed by atoms with Gasteiger partial charge < -0.3 is 4.74 Å². The molecule has 0 N–H and O–H groups in total. The Bertz CT molecular complexity index is 1690. The van der Waals surface area contributed by atoms with Crippen LogP contribution in [0.5, 0.6) is 0 Å². The van der Waals surface area contributed by atoms with Crippen molar-refractivity contribution in [3.05, 3.63) is 132 Å². The van der Waals surface area contributed by atoms with Crippen LogP contribution < -0.4 is 0 Å². The van der Waals surface area contributed by atoms with Gasteiger partial charge in [0.2, 0.25) is 0 Å². The summed E-state index contributed by atoms with van der Waals surface area (Å²) in [4.78, 5) is -1.28. The average molecular weight is 563 g/mol. The van der Waals surface area contributed by atoms with E-state index in [1.54, 1.807) is 36.4 Å². The number of ether oxygens (including phenoxy) is 1. The highest BCUT2D eigenvalue weighted by Crippen LogP contribution is 2.69. The van der Waals surface area contributed by atoms with Crippen molar-refractivity contribution in [1.29, 1.82) is 0 Å². The van der Waals surface area contributed by atoms with Crippen molar-refractivity contribution >= 4 is 31.4 Å². The van der Waals surface area contributed by atoms with E-state index in [4.69, 9.17) is 4.74 Å². The molecule has 6 rings (SSSR count). The lowest BCUT2D eigenvalue weighted by atomic mass is 9.77. The van der Waals surface area contributed by atoms with Crippen LogP contribution in [0.15, 0.2) is 125 Å². The van der Waals surface area contributed by atoms with Crippen LogP contribution in [0.25, 0.3) is 0 Å². The summed E-state index contributed by atoms with van der Waals surface area (Å²) in [5.41, 5.74) is 0.485. The molecule has 2 aliphatic heterocycles. The Labute approximate surface area is 227 Å². The molecule has 2 heterocycles. The summed E-state index contributed by atoms with van der Waals surface area (Å²) in [5, 5.41) is -2.83. The van der Waals surface area contributed by atoms with E-state index in [-0.39, 0.29) is 9.79 Å². The molecular formula is C30H26O5S3. The van der Waals surface area contributed by atoms with E-state index in [9.17, 15) is 16.8 Å². The van der Waals surface area contributed by atoms with Crippen molar-refractivity contribution in [3.63, 3.8) is 0 Å². The smallest absolute Gasteiger partial charge is 0.186 e. The predicted octanol–water partition coefficient (Wildman–Crippen LogP) is 5.56. The summed E-state index contributed by atoms with van der Waals surface area (Å²) >= 11 is 1.34. The summed E-state index contributed by atoms with van der Waals surface area (Å²) in [6.07, 6.45) is 0. The standard InChI is InChI=1S/C30H26O5S3/c1-2-36-30-26-21-13-12-20-25(26)29(35-30,22-14-6-3-7-15-22)27(37(31,32)23-16-8-4-9-17-23)28(30)38(33,34)24-18-10-5-11-19-24/h3-21,27-28H,2H2,1H3/t27?,28?,29-,30-/m0/s1. The van der Waals surface area contributed by atoms with Crippen LogP contribution in [0.3, 0.4) is 0 Å². The zero-order chi connectivity index (χ0) is 26.6. The van der Waals surface area contributed by atoms with Gasteiger partial charge in [-0.05, 0) is 41.1 Å². The van der Waals surface area contributed by atoms with Crippen LogP contribution in [0.1, 0.15) is 23.6 Å². The van der Waals surface area contributed by atoms with Crippen molar-refractivity contribution in [2.24, 2.45) is 0 Å². The van der Waals surface area contributed by atoms with E-state index in [1.165, 1.54) is 36.0 Å². The summed E-state index contributed by atoms with van der Waals surface area (Å²) in [7, 11) is -8.44. The van der Waals surface area contributed by atoms with Crippen LogP contribution in [0, 0.1) is 0 Å². The van der Waals surface area contributed by atoms with Gasteiger partial charge in [-0.2, -0.15) is 0 Å². The summed E-state index contributed by atoms with van der Waals surface area (Å²) in [6, 6.07) is 32.8. The Morgan fingerprint density at radius 1 is 0.632 bits per heavy atom. The normalized spacial score (nSPS) is 26.2. The highest BCUT2D eigenvalue weighted by molar-refractivity contribution is 8.02. The molecule has 0 spiro atoms. The number of benzene rings is 4. The van der Waals surface area contributed by atoms with Gasteiger partial charge in [0.1, 0.15) is 16.1 Å². The SMILES string of the molecule is CCS[C@@]12O[C@@](c3ccccc3)(c3ccccc31)C(S(=O)(=O)c1ccccc1)C2S(=O)(=O)c1ccccc1. The van der Waals surface area contributed by atoms with Gasteiger partial charge in [0.05, 0.1) is 9.79 Å². The molecule has 1 saturated heterocycles. The van der Waals surface area contributed by atoms with Crippen LogP contribution in [0.4, 0.5) is 0 Å². The second-order valence-electron chi connectivity index (χ2n) is 9.41. The van der Waals surface area contributed by atoms with Crippen LogP contribution in [0.2, 0.25) is 0 Å². The fraction of sp³-hybridized carbons (Fsp3) is 0.200. The van der Waals surface area contributed by atoms with Crippen molar-refractivity contribution in [3.8, 4) is 0 Å². The van der Waals surface area contributed by atoms with E-state index in [2.05, 4.69) is 0 Å².